The van der Waals surface area contributed by atoms with Crippen LogP contribution in [-0.2, 0) is 25.5 Å². The van der Waals surface area contributed by atoms with Gasteiger partial charge in [-0.25, -0.2) is 4.79 Å². The van der Waals surface area contributed by atoms with Crippen LogP contribution in [0.25, 0.3) is 10.8 Å². The van der Waals surface area contributed by atoms with Gasteiger partial charge in [-0.05, 0) is 35.4 Å². The Bertz CT molecular complexity index is 709. The molecule has 0 aliphatic rings. The molecule has 1 unspecified atom stereocenters. The predicted octanol–water partition coefficient (Wildman–Crippen LogP) is 2.38. The second-order valence-electron chi connectivity index (χ2n) is 4.84. The van der Waals surface area contributed by atoms with Gasteiger partial charge in [-0.3, -0.25) is 4.79 Å². The molecule has 0 aliphatic heterocycles. The fourth-order valence-electron chi connectivity index (χ4n) is 2.15. The van der Waals surface area contributed by atoms with Crippen molar-refractivity contribution in [2.45, 2.75) is 19.6 Å². The van der Waals surface area contributed by atoms with Gasteiger partial charge in [-0.1, -0.05) is 24.3 Å². The Morgan fingerprint density at radius 2 is 1.83 bits per heavy atom. The fourth-order valence-corrected chi connectivity index (χ4v) is 2.15. The van der Waals surface area contributed by atoms with Crippen LogP contribution in [0.2, 0.25) is 0 Å². The Balaban J connectivity index is 2.08. The van der Waals surface area contributed by atoms with Gasteiger partial charge in [0.2, 0.25) is 0 Å². The van der Waals surface area contributed by atoms with Crippen LogP contribution < -0.4 is 4.74 Å². The molecule has 0 fully saturated rings. The minimum absolute atomic E-state index is 0.0289. The number of hydrogen-bond donors (Lipinski definition) is 1. The number of methoxy groups -OCH3 is 1. The van der Waals surface area contributed by atoms with E-state index in [1.165, 1.54) is 0 Å². The summed E-state index contributed by atoms with van der Waals surface area (Å²) in [6.45, 7) is 1.77. The van der Waals surface area contributed by atoms with Crippen molar-refractivity contribution in [3.8, 4) is 5.75 Å². The van der Waals surface area contributed by atoms with Crippen LogP contribution in [0.15, 0.2) is 36.4 Å². The van der Waals surface area contributed by atoms with Crippen molar-refractivity contribution in [2.24, 2.45) is 0 Å². The molecule has 0 aromatic heterocycles. The van der Waals surface area contributed by atoms with Crippen molar-refractivity contribution >= 4 is 22.7 Å². The maximum Gasteiger partial charge on any atom is 0.374 e. The first-order valence-electron chi connectivity index (χ1n) is 7.14. The van der Waals surface area contributed by atoms with Crippen LogP contribution in [0, 0.1) is 0 Å². The molecule has 0 radical (unpaired) electrons. The Hall–Kier alpha value is -2.60. The highest BCUT2D eigenvalue weighted by atomic mass is 16.7. The summed E-state index contributed by atoms with van der Waals surface area (Å²) in [6, 6.07) is 11.1. The van der Waals surface area contributed by atoms with Gasteiger partial charge in [-0.2, -0.15) is 0 Å². The van der Waals surface area contributed by atoms with Crippen LogP contribution in [0.1, 0.15) is 12.5 Å². The van der Waals surface area contributed by atoms with Gasteiger partial charge in [0.15, 0.2) is 0 Å². The number of carboxylic acids is 1. The normalized spacial score (nSPS) is 11.9. The summed E-state index contributed by atoms with van der Waals surface area (Å²) in [4.78, 5) is 22.8. The number of hydrogen-bond acceptors (Lipinski definition) is 5. The third-order valence-corrected chi connectivity index (χ3v) is 3.22. The number of ether oxygens (including phenoxy) is 3. The zero-order chi connectivity index (χ0) is 16.8. The average molecular weight is 318 g/mol. The van der Waals surface area contributed by atoms with Crippen LogP contribution in [0.5, 0.6) is 5.75 Å². The van der Waals surface area contributed by atoms with E-state index in [1.54, 1.807) is 20.1 Å². The number of aliphatic carboxylic acids is 1. The Labute approximate surface area is 133 Å². The molecule has 6 nitrogen and oxygen atoms in total. The lowest BCUT2D eigenvalue weighted by Crippen LogP contribution is -2.30. The summed E-state index contributed by atoms with van der Waals surface area (Å²) in [5, 5.41) is 10.8. The van der Waals surface area contributed by atoms with E-state index < -0.39 is 18.2 Å². The number of carbonyl (C=O) groups excluding carboxylic acids is 1. The van der Waals surface area contributed by atoms with Crippen molar-refractivity contribution in [1.82, 2.24) is 0 Å². The molecule has 122 valence electrons. The lowest BCUT2D eigenvalue weighted by atomic mass is 10.0. The summed E-state index contributed by atoms with van der Waals surface area (Å²) in [6.07, 6.45) is -1.60. The Kier molecular flexibility index (Phi) is 5.54. The van der Waals surface area contributed by atoms with Crippen molar-refractivity contribution < 1.29 is 28.9 Å². The van der Waals surface area contributed by atoms with Crippen molar-refractivity contribution in [3.05, 3.63) is 42.0 Å². The van der Waals surface area contributed by atoms with E-state index in [1.807, 2.05) is 30.3 Å². The predicted molar refractivity (Wildman–Crippen MR) is 83.3 cm³/mol. The van der Waals surface area contributed by atoms with E-state index in [-0.39, 0.29) is 13.0 Å². The van der Waals surface area contributed by atoms with Gasteiger partial charge in [0.1, 0.15) is 5.75 Å². The summed E-state index contributed by atoms with van der Waals surface area (Å²) in [7, 11) is 1.60. The largest absolute Gasteiger partial charge is 0.497 e. The molecule has 23 heavy (non-hydrogen) atoms. The smallest absolute Gasteiger partial charge is 0.374 e. The summed E-state index contributed by atoms with van der Waals surface area (Å²) >= 11 is 0. The highest BCUT2D eigenvalue weighted by molar-refractivity contribution is 5.86. The van der Waals surface area contributed by atoms with E-state index in [2.05, 4.69) is 0 Å². The van der Waals surface area contributed by atoms with Gasteiger partial charge >= 0.3 is 18.2 Å². The van der Waals surface area contributed by atoms with Crippen LogP contribution in [0.4, 0.5) is 0 Å². The molecule has 0 saturated carbocycles. The second-order valence-corrected chi connectivity index (χ2v) is 4.84. The number of rotatable bonds is 7. The van der Waals surface area contributed by atoms with E-state index in [0.29, 0.717) is 0 Å². The maximum atomic E-state index is 11.9. The third-order valence-electron chi connectivity index (χ3n) is 3.22. The highest BCUT2D eigenvalue weighted by Gasteiger charge is 2.22. The number of carboxylic acid groups (broad SMARTS) is 1. The molecule has 0 amide bonds. The van der Waals surface area contributed by atoms with E-state index in [4.69, 9.17) is 19.3 Å². The first-order valence-corrected chi connectivity index (χ1v) is 7.14. The maximum absolute atomic E-state index is 11.9. The highest BCUT2D eigenvalue weighted by Crippen LogP contribution is 2.22. The van der Waals surface area contributed by atoms with Crippen LogP contribution >= 0.6 is 0 Å². The van der Waals surface area contributed by atoms with Crippen molar-refractivity contribution in [2.75, 3.05) is 13.7 Å². The molecule has 2 aromatic carbocycles. The topological polar surface area (TPSA) is 82.1 Å². The molecule has 2 rings (SSSR count). The van der Waals surface area contributed by atoms with Gasteiger partial charge in [0.05, 0.1) is 13.5 Å². The van der Waals surface area contributed by atoms with Gasteiger partial charge in [-0.15, -0.1) is 0 Å². The number of esters is 1. The molecule has 0 saturated heterocycles. The Morgan fingerprint density at radius 1 is 1.13 bits per heavy atom. The monoisotopic (exact) mass is 318 g/mol. The SMILES string of the molecule is CCOC(OC(=O)Cc1ccc2cc(OC)ccc2c1)C(=O)O. The van der Waals surface area contributed by atoms with Gasteiger partial charge in [0.25, 0.3) is 0 Å². The molecule has 0 bridgehead atoms. The lowest BCUT2D eigenvalue weighted by Gasteiger charge is -2.13. The Morgan fingerprint density at radius 3 is 2.48 bits per heavy atom. The first-order chi connectivity index (χ1) is 11.0. The molecule has 0 spiro atoms. The van der Waals surface area contributed by atoms with E-state index in [0.717, 1.165) is 22.1 Å². The fraction of sp³-hybridized carbons (Fsp3) is 0.294. The average Bonchev–Trinajstić information content (AvgIpc) is 2.53. The molecular weight excluding hydrogens is 300 g/mol. The lowest BCUT2D eigenvalue weighted by molar-refractivity contribution is -0.195. The molecule has 6 heteroatoms. The molecule has 1 N–H and O–H groups in total. The van der Waals surface area contributed by atoms with Gasteiger partial charge < -0.3 is 19.3 Å². The van der Waals surface area contributed by atoms with Gasteiger partial charge in [0, 0.05) is 6.61 Å². The third kappa shape index (κ3) is 4.43. The van der Waals surface area contributed by atoms with Crippen molar-refractivity contribution in [1.29, 1.82) is 0 Å². The minimum atomic E-state index is -1.57. The quantitative estimate of drug-likeness (QED) is 0.623. The summed E-state index contributed by atoms with van der Waals surface area (Å²) < 4.78 is 14.8. The zero-order valence-corrected chi connectivity index (χ0v) is 12.9. The summed E-state index contributed by atoms with van der Waals surface area (Å²) in [5.74, 6) is -1.23. The molecule has 0 aliphatic carbocycles. The number of carbonyl (C=O) groups is 2. The minimum Gasteiger partial charge on any atom is -0.497 e. The number of benzene rings is 2. The molecular formula is C17H18O6. The van der Waals surface area contributed by atoms with E-state index >= 15 is 0 Å². The molecule has 0 heterocycles. The second kappa shape index (κ2) is 7.60. The van der Waals surface area contributed by atoms with Crippen molar-refractivity contribution in [3.63, 3.8) is 0 Å². The first kappa shape index (κ1) is 16.8. The standard InChI is InChI=1S/C17H18O6/c1-3-22-17(16(19)20)23-15(18)9-11-4-5-13-10-14(21-2)7-6-12(13)8-11/h4-8,10,17H,3,9H2,1-2H3,(H,19,20). The van der Waals surface area contributed by atoms with Crippen LogP contribution in [-0.4, -0.2) is 37.1 Å². The number of fused-ring (bicyclic) bond motifs is 1. The van der Waals surface area contributed by atoms with Crippen LogP contribution in [0.3, 0.4) is 0 Å². The zero-order valence-electron chi connectivity index (χ0n) is 12.9. The summed E-state index contributed by atoms with van der Waals surface area (Å²) in [5.41, 5.74) is 0.730. The van der Waals surface area contributed by atoms with E-state index in [9.17, 15) is 9.59 Å². The molecule has 2 aromatic rings. The molecule has 1 atom stereocenters.